The zero-order chi connectivity index (χ0) is 25.0. The molecular formula is C27H37N7O. The summed E-state index contributed by atoms with van der Waals surface area (Å²) in [6.07, 6.45) is 1.55. The van der Waals surface area contributed by atoms with Crippen molar-refractivity contribution in [2.24, 2.45) is 4.99 Å². The van der Waals surface area contributed by atoms with Crippen molar-refractivity contribution in [3.05, 3.63) is 65.5 Å². The van der Waals surface area contributed by atoms with Crippen molar-refractivity contribution in [2.45, 2.75) is 39.5 Å². The van der Waals surface area contributed by atoms with E-state index in [0.29, 0.717) is 5.56 Å². The molecule has 2 aliphatic rings. The Morgan fingerprint density at radius 1 is 1.03 bits per heavy atom. The summed E-state index contributed by atoms with van der Waals surface area (Å²) < 4.78 is 0. The van der Waals surface area contributed by atoms with Crippen LogP contribution in [0, 0.1) is 0 Å². The Morgan fingerprint density at radius 3 is 2.43 bits per heavy atom. The summed E-state index contributed by atoms with van der Waals surface area (Å²) in [4.78, 5) is 21.9. The molecule has 4 N–H and O–H groups in total. The van der Waals surface area contributed by atoms with E-state index in [1.54, 1.807) is 0 Å². The Bertz CT molecular complexity index is 1090. The Balaban J connectivity index is 1.37. The molecule has 0 saturated carbocycles. The topological polar surface area (TPSA) is 84.0 Å². The van der Waals surface area contributed by atoms with Crippen LogP contribution in [-0.2, 0) is 0 Å². The average Bonchev–Trinajstić information content (AvgIpc) is 2.81. The molecule has 2 aliphatic heterocycles. The molecule has 1 amide bonds. The van der Waals surface area contributed by atoms with Gasteiger partial charge in [0.15, 0.2) is 6.29 Å². The van der Waals surface area contributed by atoms with Crippen LogP contribution >= 0.6 is 0 Å². The fourth-order valence-corrected chi connectivity index (χ4v) is 4.03. The third kappa shape index (κ3) is 6.76. The molecule has 8 heteroatoms. The highest BCUT2D eigenvalue weighted by molar-refractivity contribution is 5.95. The number of carbonyl (C=O) groups is 1. The maximum atomic E-state index is 12.6. The summed E-state index contributed by atoms with van der Waals surface area (Å²) in [6, 6.07) is 16.0. The molecule has 8 nitrogen and oxygen atoms in total. The Hall–Kier alpha value is -3.52. The van der Waals surface area contributed by atoms with E-state index in [0.717, 1.165) is 48.9 Å². The number of anilines is 3. The predicted molar refractivity (Wildman–Crippen MR) is 145 cm³/mol. The summed E-state index contributed by atoms with van der Waals surface area (Å²) in [5, 5.41) is 13.3. The van der Waals surface area contributed by atoms with Crippen LogP contribution in [0.15, 0.2) is 64.9 Å². The molecule has 1 saturated heterocycles. The van der Waals surface area contributed by atoms with Gasteiger partial charge in [0.05, 0.1) is 0 Å². The first-order valence-corrected chi connectivity index (χ1v) is 12.2. The molecule has 0 bridgehead atoms. The van der Waals surface area contributed by atoms with E-state index in [1.807, 2.05) is 58.2 Å². The van der Waals surface area contributed by atoms with Gasteiger partial charge < -0.3 is 31.1 Å². The first kappa shape index (κ1) is 24.6. The summed E-state index contributed by atoms with van der Waals surface area (Å²) in [6.45, 7) is 12.2. The van der Waals surface area contributed by atoms with E-state index in [2.05, 4.69) is 67.4 Å². The number of piperazine rings is 1. The zero-order valence-electron chi connectivity index (χ0n) is 21.4. The van der Waals surface area contributed by atoms with E-state index in [4.69, 9.17) is 0 Å². The first-order valence-electron chi connectivity index (χ1n) is 12.2. The third-order valence-electron chi connectivity index (χ3n) is 6.01. The van der Waals surface area contributed by atoms with Crippen LogP contribution in [0.25, 0.3) is 0 Å². The molecule has 2 aromatic rings. The van der Waals surface area contributed by atoms with Crippen molar-refractivity contribution < 1.29 is 4.79 Å². The highest BCUT2D eigenvalue weighted by Gasteiger charge is 2.18. The molecule has 186 valence electrons. The van der Waals surface area contributed by atoms with Gasteiger partial charge in [-0.15, -0.1) is 0 Å². The van der Waals surface area contributed by atoms with Gasteiger partial charge in [0, 0.05) is 66.1 Å². The van der Waals surface area contributed by atoms with E-state index in [-0.39, 0.29) is 17.7 Å². The second-order valence-electron chi connectivity index (χ2n) is 10.3. The number of allylic oxidation sites excluding steroid dienone is 1. The zero-order valence-corrected chi connectivity index (χ0v) is 21.4. The number of nitrogens with one attached hydrogen (secondary N) is 4. The maximum absolute atomic E-state index is 12.6. The quantitative estimate of drug-likeness (QED) is 0.510. The number of hydrogen-bond donors (Lipinski definition) is 4. The van der Waals surface area contributed by atoms with Gasteiger partial charge in [-0.1, -0.05) is 6.07 Å². The van der Waals surface area contributed by atoms with Gasteiger partial charge in [0.1, 0.15) is 5.82 Å². The van der Waals surface area contributed by atoms with Gasteiger partial charge in [0.25, 0.3) is 5.91 Å². The number of carbonyl (C=O) groups excluding carboxylic acids is 1. The maximum Gasteiger partial charge on any atom is 0.251 e. The van der Waals surface area contributed by atoms with Gasteiger partial charge in [-0.3, -0.25) is 4.79 Å². The largest absolute Gasteiger partial charge is 0.369 e. The molecule has 2 aromatic carbocycles. The normalized spacial score (nSPS) is 18.8. The van der Waals surface area contributed by atoms with E-state index in [9.17, 15) is 4.79 Å². The SMILES string of the molecule is CC1=C(Nc2cccc(C(=O)NC(C)(C)C)c2)NC(Nc2ccc(N3CCN(C)CC3)cc2)N=C1. The minimum Gasteiger partial charge on any atom is -0.369 e. The lowest BCUT2D eigenvalue weighted by molar-refractivity contribution is 0.0919. The van der Waals surface area contributed by atoms with Crippen molar-refractivity contribution >= 4 is 29.2 Å². The summed E-state index contributed by atoms with van der Waals surface area (Å²) in [5.74, 6) is 0.754. The van der Waals surface area contributed by atoms with Crippen LogP contribution < -0.4 is 26.2 Å². The fraction of sp³-hybridized carbons (Fsp3) is 0.407. The van der Waals surface area contributed by atoms with Crippen LogP contribution in [0.2, 0.25) is 0 Å². The Labute approximate surface area is 208 Å². The molecule has 0 aromatic heterocycles. The molecule has 35 heavy (non-hydrogen) atoms. The van der Waals surface area contributed by atoms with E-state index < -0.39 is 0 Å². The number of nitrogens with zero attached hydrogens (tertiary/aromatic N) is 3. The van der Waals surface area contributed by atoms with Gasteiger partial charge >= 0.3 is 0 Å². The Morgan fingerprint density at radius 2 is 1.74 bits per heavy atom. The van der Waals surface area contributed by atoms with Crippen molar-refractivity contribution in [3.8, 4) is 0 Å². The lowest BCUT2D eigenvalue weighted by Crippen LogP contribution is -2.44. The van der Waals surface area contributed by atoms with E-state index >= 15 is 0 Å². The van der Waals surface area contributed by atoms with Crippen LogP contribution in [0.5, 0.6) is 0 Å². The molecule has 1 unspecified atom stereocenters. The van der Waals surface area contributed by atoms with Crippen LogP contribution in [0.3, 0.4) is 0 Å². The molecule has 0 aliphatic carbocycles. The molecule has 1 atom stereocenters. The van der Waals surface area contributed by atoms with Gasteiger partial charge in [0.2, 0.25) is 0 Å². The molecular weight excluding hydrogens is 438 g/mol. The highest BCUT2D eigenvalue weighted by Crippen LogP contribution is 2.21. The van der Waals surface area contributed by atoms with Gasteiger partial charge in [-0.05, 0) is 77.2 Å². The second-order valence-corrected chi connectivity index (χ2v) is 10.3. The molecule has 0 spiro atoms. The number of hydrogen-bond acceptors (Lipinski definition) is 7. The number of aliphatic imine (C=N–C) groups is 1. The fourth-order valence-electron chi connectivity index (χ4n) is 4.03. The summed E-state index contributed by atoms with van der Waals surface area (Å²) in [5.41, 5.74) is 4.39. The number of likely N-dealkylation sites (N-methyl/N-ethyl adjacent to an activating group) is 1. The smallest absolute Gasteiger partial charge is 0.251 e. The summed E-state index contributed by atoms with van der Waals surface area (Å²) in [7, 11) is 2.17. The van der Waals surface area contributed by atoms with Crippen molar-refractivity contribution in [2.75, 3.05) is 48.8 Å². The van der Waals surface area contributed by atoms with Crippen molar-refractivity contribution in [1.82, 2.24) is 15.5 Å². The number of amides is 1. The first-order chi connectivity index (χ1) is 16.7. The third-order valence-corrected chi connectivity index (χ3v) is 6.01. The minimum absolute atomic E-state index is 0.0930. The molecule has 2 heterocycles. The summed E-state index contributed by atoms with van der Waals surface area (Å²) >= 11 is 0. The average molecular weight is 476 g/mol. The number of benzene rings is 2. The standard InChI is InChI=1S/C27H37N7O/c1-19-18-28-26(30-21-9-11-23(12-10-21)34-15-13-33(5)14-16-34)31-24(19)29-22-8-6-7-20(17-22)25(35)32-27(2,3)4/h6-12,17-18,26,29-31H,13-16H2,1-5H3,(H,32,35). The van der Waals surface area contributed by atoms with Crippen LogP contribution in [0.4, 0.5) is 17.1 Å². The van der Waals surface area contributed by atoms with Gasteiger partial charge in [-0.25, -0.2) is 4.99 Å². The predicted octanol–water partition coefficient (Wildman–Crippen LogP) is 3.68. The van der Waals surface area contributed by atoms with E-state index in [1.165, 1.54) is 5.69 Å². The van der Waals surface area contributed by atoms with Crippen LogP contribution in [0.1, 0.15) is 38.1 Å². The molecule has 4 rings (SSSR count). The Kier molecular flexibility index (Phi) is 7.31. The highest BCUT2D eigenvalue weighted by atomic mass is 16.1. The van der Waals surface area contributed by atoms with Crippen molar-refractivity contribution in [1.29, 1.82) is 0 Å². The molecule has 0 radical (unpaired) electrons. The van der Waals surface area contributed by atoms with Crippen molar-refractivity contribution in [3.63, 3.8) is 0 Å². The van der Waals surface area contributed by atoms with Gasteiger partial charge in [-0.2, -0.15) is 0 Å². The van der Waals surface area contributed by atoms with Crippen LogP contribution in [-0.4, -0.2) is 62.1 Å². The second kappa shape index (κ2) is 10.4. The lowest BCUT2D eigenvalue weighted by Gasteiger charge is -2.34. The molecule has 1 fully saturated rings. The lowest BCUT2D eigenvalue weighted by atomic mass is 10.1. The number of rotatable bonds is 6. The minimum atomic E-state index is -0.303. The monoisotopic (exact) mass is 475 g/mol.